The van der Waals surface area contributed by atoms with Gasteiger partial charge in [0.05, 0.1) is 18.9 Å². The van der Waals surface area contributed by atoms with Gasteiger partial charge in [-0.05, 0) is 23.3 Å². The summed E-state index contributed by atoms with van der Waals surface area (Å²) in [4.78, 5) is 25.7. The van der Waals surface area contributed by atoms with E-state index in [1.807, 2.05) is 12.1 Å². The molecule has 2 aliphatic rings. The van der Waals surface area contributed by atoms with Gasteiger partial charge < -0.3 is 9.47 Å². The van der Waals surface area contributed by atoms with Gasteiger partial charge >= 0.3 is 5.97 Å². The molecule has 0 radical (unpaired) electrons. The quantitative estimate of drug-likeness (QED) is 0.462. The number of thioether (sulfide) groups is 1. The van der Waals surface area contributed by atoms with Crippen molar-refractivity contribution in [2.75, 3.05) is 18.7 Å². The highest BCUT2D eigenvalue weighted by molar-refractivity contribution is 8.00. The van der Waals surface area contributed by atoms with Crippen LogP contribution in [0.1, 0.15) is 12.0 Å². The Labute approximate surface area is 143 Å². The van der Waals surface area contributed by atoms with Crippen molar-refractivity contribution in [2.24, 2.45) is 0 Å². The molecule has 0 unspecified atom stereocenters. The summed E-state index contributed by atoms with van der Waals surface area (Å²) in [5.41, 5.74) is 1.93. The maximum atomic E-state index is 12.4. The number of rotatable bonds is 5. The molecule has 1 atom stereocenters. The molecule has 2 heterocycles. The van der Waals surface area contributed by atoms with E-state index in [1.165, 1.54) is 4.90 Å². The van der Waals surface area contributed by atoms with Gasteiger partial charge in [-0.15, -0.1) is 23.4 Å². The number of esters is 1. The Morgan fingerprint density at radius 3 is 2.74 bits per heavy atom. The lowest BCUT2D eigenvalue weighted by molar-refractivity contribution is -0.150. The van der Waals surface area contributed by atoms with E-state index in [2.05, 4.69) is 0 Å². The van der Waals surface area contributed by atoms with Crippen molar-refractivity contribution in [1.29, 1.82) is 0 Å². The second-order valence-corrected chi connectivity index (χ2v) is 6.68. The van der Waals surface area contributed by atoms with Crippen LogP contribution < -0.4 is 4.74 Å². The number of amides is 1. The van der Waals surface area contributed by atoms with Crippen LogP contribution >= 0.6 is 23.4 Å². The summed E-state index contributed by atoms with van der Waals surface area (Å²) in [6.45, 7) is 0.141. The van der Waals surface area contributed by atoms with Crippen molar-refractivity contribution in [3.05, 3.63) is 41.1 Å². The zero-order valence-corrected chi connectivity index (χ0v) is 14.2. The average Bonchev–Trinajstić information content (AvgIpc) is 2.58. The zero-order chi connectivity index (χ0) is 16.4. The van der Waals surface area contributed by atoms with E-state index in [0.29, 0.717) is 17.9 Å². The third-order valence-electron chi connectivity index (χ3n) is 3.82. The molecule has 0 aromatic heterocycles. The van der Waals surface area contributed by atoms with Crippen molar-refractivity contribution in [3.8, 4) is 5.75 Å². The Balaban J connectivity index is 1.70. The van der Waals surface area contributed by atoms with Gasteiger partial charge in [-0.2, -0.15) is 0 Å². The Morgan fingerprint density at radius 2 is 2.13 bits per heavy atom. The van der Waals surface area contributed by atoms with Crippen LogP contribution in [0.4, 0.5) is 0 Å². The summed E-state index contributed by atoms with van der Waals surface area (Å²) < 4.78 is 10.5. The van der Waals surface area contributed by atoms with E-state index in [4.69, 9.17) is 21.1 Å². The summed E-state index contributed by atoms with van der Waals surface area (Å²) >= 11 is 7.55. The highest BCUT2D eigenvalue weighted by atomic mass is 35.5. The lowest BCUT2D eigenvalue weighted by Gasteiger charge is -2.44. The number of halogens is 1. The molecular formula is C16H16ClNO4S. The molecule has 0 spiro atoms. The summed E-state index contributed by atoms with van der Waals surface area (Å²) in [6, 6.07) is 7.27. The highest BCUT2D eigenvalue weighted by Gasteiger charge is 2.45. The number of methoxy groups -OCH3 is 1. The second-order valence-electron chi connectivity index (χ2n) is 5.24. The van der Waals surface area contributed by atoms with Crippen molar-refractivity contribution in [2.45, 2.75) is 18.4 Å². The van der Waals surface area contributed by atoms with Crippen LogP contribution in [0.5, 0.6) is 5.75 Å². The highest BCUT2D eigenvalue weighted by Crippen LogP contribution is 2.40. The van der Waals surface area contributed by atoms with Crippen molar-refractivity contribution < 1.29 is 19.1 Å². The zero-order valence-electron chi connectivity index (χ0n) is 12.6. The van der Waals surface area contributed by atoms with Crippen LogP contribution in [0, 0.1) is 0 Å². The van der Waals surface area contributed by atoms with Crippen LogP contribution in [-0.2, 0) is 20.9 Å². The normalized spacial score (nSPS) is 20.0. The van der Waals surface area contributed by atoms with E-state index < -0.39 is 5.97 Å². The fraction of sp³-hybridized carbons (Fsp3) is 0.375. The van der Waals surface area contributed by atoms with Gasteiger partial charge in [-0.1, -0.05) is 12.1 Å². The molecular weight excluding hydrogens is 338 g/mol. The molecule has 2 aliphatic heterocycles. The molecule has 1 saturated heterocycles. The molecule has 0 saturated carbocycles. The van der Waals surface area contributed by atoms with Crippen LogP contribution in [0.3, 0.4) is 0 Å². The first-order valence-electron chi connectivity index (χ1n) is 7.15. The Bertz CT molecular complexity index is 659. The fourth-order valence-electron chi connectivity index (χ4n) is 2.51. The third-order valence-corrected chi connectivity index (χ3v) is 5.42. The lowest BCUT2D eigenvalue weighted by Crippen LogP contribution is -2.54. The molecule has 0 N–H and O–H groups in total. The Morgan fingerprint density at radius 1 is 1.39 bits per heavy atom. The van der Waals surface area contributed by atoms with Gasteiger partial charge in [0, 0.05) is 11.6 Å². The Kier molecular flexibility index (Phi) is 4.82. The predicted molar refractivity (Wildman–Crippen MR) is 88.2 cm³/mol. The minimum absolute atomic E-state index is 0.0398. The van der Waals surface area contributed by atoms with E-state index in [0.717, 1.165) is 16.9 Å². The number of β-lactam (4-membered cyclic amide) rings is 1. The van der Waals surface area contributed by atoms with Gasteiger partial charge in [0.1, 0.15) is 18.1 Å². The third kappa shape index (κ3) is 3.19. The first-order chi connectivity index (χ1) is 11.1. The number of alkyl halides is 1. The average molecular weight is 354 g/mol. The molecule has 23 heavy (non-hydrogen) atoms. The number of nitrogens with zero attached hydrogens (tertiary/aromatic N) is 1. The van der Waals surface area contributed by atoms with Gasteiger partial charge in [-0.25, -0.2) is 4.79 Å². The molecule has 122 valence electrons. The SMILES string of the molecule is COc1ccc(COC(=O)C2=C(CCl)CS[C@@H]3CC(=O)N23)cc1. The molecule has 1 fully saturated rings. The van der Waals surface area contributed by atoms with Crippen LogP contribution in [-0.4, -0.2) is 40.9 Å². The minimum atomic E-state index is -0.491. The van der Waals surface area contributed by atoms with Crippen molar-refractivity contribution in [3.63, 3.8) is 0 Å². The van der Waals surface area contributed by atoms with E-state index >= 15 is 0 Å². The Hall–Kier alpha value is -1.66. The summed E-state index contributed by atoms with van der Waals surface area (Å²) in [6.07, 6.45) is 0.468. The largest absolute Gasteiger partial charge is 0.497 e. The van der Waals surface area contributed by atoms with E-state index in [-0.39, 0.29) is 23.8 Å². The fourth-order valence-corrected chi connectivity index (χ4v) is 4.11. The summed E-state index contributed by atoms with van der Waals surface area (Å²) in [7, 11) is 1.59. The smallest absolute Gasteiger partial charge is 0.355 e. The maximum Gasteiger partial charge on any atom is 0.355 e. The summed E-state index contributed by atoms with van der Waals surface area (Å²) in [5, 5.41) is 0.0398. The van der Waals surface area contributed by atoms with Crippen LogP contribution in [0.25, 0.3) is 0 Å². The molecule has 0 aliphatic carbocycles. The predicted octanol–water partition coefficient (Wildman–Crippen LogP) is 2.54. The first kappa shape index (κ1) is 16.2. The van der Waals surface area contributed by atoms with Gasteiger partial charge in [0.2, 0.25) is 5.91 Å². The standard InChI is InChI=1S/C16H16ClNO4S/c1-21-12-4-2-10(3-5-12)8-22-16(20)15-11(7-17)9-23-14-6-13(19)18(14)15/h2-5,14H,6-9H2,1H3/t14-/m1/s1. The van der Waals surface area contributed by atoms with Crippen molar-refractivity contribution in [1.82, 2.24) is 4.90 Å². The maximum absolute atomic E-state index is 12.4. The topological polar surface area (TPSA) is 55.8 Å². The van der Waals surface area contributed by atoms with Gasteiger partial charge in [0.15, 0.2) is 0 Å². The van der Waals surface area contributed by atoms with Gasteiger partial charge in [-0.3, -0.25) is 9.69 Å². The monoisotopic (exact) mass is 353 g/mol. The van der Waals surface area contributed by atoms with E-state index in [1.54, 1.807) is 31.0 Å². The number of carbonyl (C=O) groups excluding carboxylic acids is 2. The number of ether oxygens (including phenoxy) is 2. The molecule has 1 aromatic rings. The number of benzene rings is 1. The van der Waals surface area contributed by atoms with Crippen LogP contribution in [0.2, 0.25) is 0 Å². The second kappa shape index (κ2) is 6.84. The molecule has 5 nitrogen and oxygen atoms in total. The minimum Gasteiger partial charge on any atom is -0.497 e. The summed E-state index contributed by atoms with van der Waals surface area (Å²) in [5.74, 6) is 1.07. The van der Waals surface area contributed by atoms with E-state index in [9.17, 15) is 9.59 Å². The molecule has 0 bridgehead atoms. The van der Waals surface area contributed by atoms with Crippen molar-refractivity contribution >= 4 is 35.2 Å². The number of carbonyl (C=O) groups is 2. The number of hydrogen-bond donors (Lipinski definition) is 0. The number of hydrogen-bond acceptors (Lipinski definition) is 5. The molecule has 7 heteroatoms. The molecule has 1 amide bonds. The van der Waals surface area contributed by atoms with Gasteiger partial charge in [0.25, 0.3) is 0 Å². The van der Waals surface area contributed by atoms with Crippen LogP contribution in [0.15, 0.2) is 35.5 Å². The molecule has 1 aromatic carbocycles. The first-order valence-corrected chi connectivity index (χ1v) is 8.74. The molecule has 3 rings (SSSR count). The lowest BCUT2D eigenvalue weighted by atomic mass is 10.1. The number of fused-ring (bicyclic) bond motifs is 1.